The number of amides is 2. The van der Waals surface area contributed by atoms with Crippen LogP contribution in [0.1, 0.15) is 57.1 Å². The normalized spacial score (nSPS) is 14.5. The standard InChI is InChI=1S/C33H39Cl2N3O5S/c1-4-43-29-16-18-30(19-17-29)44(41,42)38(28-14-10-23(2)11-15-28)22-32(39)37(21-25-12-13-26(34)20-31(25)35)24(3)33(40)36-27-8-6-5-7-9-27/h10-20,24,27H,4-9,21-22H2,1-3H3,(H,36,40)/t24-/m0/s1. The molecule has 1 aliphatic rings. The van der Waals surface area contributed by atoms with Crippen LogP contribution in [-0.2, 0) is 26.2 Å². The van der Waals surface area contributed by atoms with E-state index in [1.54, 1.807) is 61.5 Å². The number of carbonyl (C=O) groups excluding carboxylic acids is 2. The zero-order valence-corrected chi connectivity index (χ0v) is 27.6. The molecule has 3 aromatic rings. The van der Waals surface area contributed by atoms with Crippen LogP contribution in [0.3, 0.4) is 0 Å². The maximum Gasteiger partial charge on any atom is 0.264 e. The van der Waals surface area contributed by atoms with Gasteiger partial charge < -0.3 is 15.0 Å². The molecule has 2 amide bonds. The predicted octanol–water partition coefficient (Wildman–Crippen LogP) is 6.76. The molecule has 1 fully saturated rings. The first-order valence-corrected chi connectivity index (χ1v) is 17.0. The highest BCUT2D eigenvalue weighted by Crippen LogP contribution is 2.28. The lowest BCUT2D eigenvalue weighted by Crippen LogP contribution is -2.53. The van der Waals surface area contributed by atoms with E-state index >= 15 is 0 Å². The van der Waals surface area contributed by atoms with Crippen LogP contribution in [0.25, 0.3) is 0 Å². The van der Waals surface area contributed by atoms with Gasteiger partial charge in [-0.1, -0.05) is 66.2 Å². The Morgan fingerprint density at radius 1 is 0.977 bits per heavy atom. The largest absolute Gasteiger partial charge is 0.494 e. The van der Waals surface area contributed by atoms with Crippen LogP contribution in [0.15, 0.2) is 71.6 Å². The van der Waals surface area contributed by atoms with E-state index in [2.05, 4.69) is 5.32 Å². The molecule has 0 aromatic heterocycles. The van der Waals surface area contributed by atoms with Crippen LogP contribution in [0.4, 0.5) is 5.69 Å². The van der Waals surface area contributed by atoms with Crippen LogP contribution < -0.4 is 14.4 Å². The molecule has 236 valence electrons. The van der Waals surface area contributed by atoms with Crippen LogP contribution in [0, 0.1) is 6.92 Å². The Balaban J connectivity index is 1.68. The number of nitrogens with zero attached hydrogens (tertiary/aromatic N) is 2. The molecule has 0 unspecified atom stereocenters. The number of aryl methyl sites for hydroxylation is 1. The molecule has 1 saturated carbocycles. The van der Waals surface area contributed by atoms with Gasteiger partial charge in [0.05, 0.1) is 17.2 Å². The summed E-state index contributed by atoms with van der Waals surface area (Å²) in [4.78, 5) is 29.0. The van der Waals surface area contributed by atoms with Gasteiger partial charge in [0, 0.05) is 22.6 Å². The lowest BCUT2D eigenvalue weighted by atomic mass is 9.95. The van der Waals surface area contributed by atoms with Gasteiger partial charge in [-0.15, -0.1) is 0 Å². The maximum absolute atomic E-state index is 14.2. The first kappa shape index (κ1) is 33.6. The Kier molecular flexibility index (Phi) is 11.6. The molecule has 11 heteroatoms. The van der Waals surface area contributed by atoms with Crippen molar-refractivity contribution in [2.75, 3.05) is 17.5 Å². The Morgan fingerprint density at radius 3 is 2.25 bits per heavy atom. The Bertz CT molecular complexity index is 1540. The molecule has 0 heterocycles. The van der Waals surface area contributed by atoms with Crippen molar-refractivity contribution in [3.05, 3.63) is 87.9 Å². The lowest BCUT2D eigenvalue weighted by molar-refractivity contribution is -0.139. The molecule has 0 aliphatic heterocycles. The monoisotopic (exact) mass is 659 g/mol. The molecule has 4 rings (SSSR count). The molecular formula is C33H39Cl2N3O5S. The quantitative estimate of drug-likeness (QED) is 0.232. The van der Waals surface area contributed by atoms with E-state index < -0.39 is 28.5 Å². The second-order valence-electron chi connectivity index (χ2n) is 11.0. The third-order valence-corrected chi connectivity index (χ3v) is 10.2. The van der Waals surface area contributed by atoms with E-state index in [1.165, 1.54) is 17.0 Å². The molecule has 1 atom stereocenters. The molecule has 0 bridgehead atoms. The molecule has 0 saturated heterocycles. The third-order valence-electron chi connectivity index (χ3n) is 7.80. The molecule has 0 spiro atoms. The third kappa shape index (κ3) is 8.46. The number of carbonyl (C=O) groups is 2. The summed E-state index contributed by atoms with van der Waals surface area (Å²) in [5.74, 6) is -0.322. The van der Waals surface area contributed by atoms with Gasteiger partial charge in [-0.25, -0.2) is 8.42 Å². The highest BCUT2D eigenvalue weighted by Gasteiger charge is 2.33. The number of anilines is 1. The number of hydrogen-bond acceptors (Lipinski definition) is 5. The van der Waals surface area contributed by atoms with Gasteiger partial charge in [-0.2, -0.15) is 0 Å². The first-order valence-electron chi connectivity index (χ1n) is 14.9. The van der Waals surface area contributed by atoms with Crippen molar-refractivity contribution in [1.82, 2.24) is 10.2 Å². The Labute approximate surface area is 270 Å². The fourth-order valence-corrected chi connectivity index (χ4v) is 7.11. The zero-order valence-electron chi connectivity index (χ0n) is 25.3. The van der Waals surface area contributed by atoms with Gasteiger partial charge in [0.25, 0.3) is 10.0 Å². The smallest absolute Gasteiger partial charge is 0.264 e. The summed E-state index contributed by atoms with van der Waals surface area (Å²) in [6.07, 6.45) is 4.99. The summed E-state index contributed by atoms with van der Waals surface area (Å²) < 4.78 is 34.7. The minimum atomic E-state index is -4.20. The Hall–Kier alpha value is -3.27. The van der Waals surface area contributed by atoms with Gasteiger partial charge in [-0.3, -0.25) is 13.9 Å². The number of ether oxygens (including phenoxy) is 1. The maximum atomic E-state index is 14.2. The average molecular weight is 661 g/mol. The van der Waals surface area contributed by atoms with E-state index in [0.717, 1.165) is 42.0 Å². The predicted molar refractivity (Wildman–Crippen MR) is 175 cm³/mol. The second kappa shape index (κ2) is 15.1. The van der Waals surface area contributed by atoms with Crippen molar-refractivity contribution in [2.24, 2.45) is 0 Å². The summed E-state index contributed by atoms with van der Waals surface area (Å²) >= 11 is 12.6. The summed E-state index contributed by atoms with van der Waals surface area (Å²) in [5, 5.41) is 3.87. The molecule has 3 aromatic carbocycles. The van der Waals surface area contributed by atoms with E-state index in [-0.39, 0.29) is 23.4 Å². The number of sulfonamides is 1. The van der Waals surface area contributed by atoms with E-state index in [9.17, 15) is 18.0 Å². The molecular weight excluding hydrogens is 621 g/mol. The average Bonchev–Trinajstić information content (AvgIpc) is 3.00. The SMILES string of the molecule is CCOc1ccc(S(=O)(=O)N(CC(=O)N(Cc2ccc(Cl)cc2Cl)[C@@H](C)C(=O)NC2CCCCC2)c2ccc(C)cc2)cc1. The lowest BCUT2D eigenvalue weighted by Gasteiger charge is -2.33. The summed E-state index contributed by atoms with van der Waals surface area (Å²) in [5.41, 5.74) is 1.84. The van der Waals surface area contributed by atoms with Gasteiger partial charge in [0.2, 0.25) is 11.8 Å². The molecule has 1 aliphatic carbocycles. The fraction of sp³-hybridized carbons (Fsp3) is 0.394. The highest BCUT2D eigenvalue weighted by molar-refractivity contribution is 7.92. The minimum Gasteiger partial charge on any atom is -0.494 e. The van der Waals surface area contributed by atoms with E-state index in [1.807, 2.05) is 13.8 Å². The zero-order chi connectivity index (χ0) is 31.9. The molecule has 1 N–H and O–H groups in total. The van der Waals surface area contributed by atoms with Gasteiger partial charge in [0.15, 0.2) is 0 Å². The van der Waals surface area contributed by atoms with E-state index in [4.69, 9.17) is 27.9 Å². The second-order valence-corrected chi connectivity index (χ2v) is 13.7. The van der Waals surface area contributed by atoms with Crippen molar-refractivity contribution >= 4 is 50.7 Å². The summed E-state index contributed by atoms with van der Waals surface area (Å²) in [6.45, 7) is 5.27. The summed E-state index contributed by atoms with van der Waals surface area (Å²) in [6, 6.07) is 17.0. The number of rotatable bonds is 12. The number of halogens is 2. The molecule has 8 nitrogen and oxygen atoms in total. The van der Waals surface area contributed by atoms with Gasteiger partial charge >= 0.3 is 0 Å². The van der Waals surface area contributed by atoms with Crippen molar-refractivity contribution in [2.45, 2.75) is 76.4 Å². The van der Waals surface area contributed by atoms with Crippen molar-refractivity contribution in [3.8, 4) is 5.75 Å². The molecule has 0 radical (unpaired) electrons. The first-order chi connectivity index (χ1) is 21.0. The van der Waals surface area contributed by atoms with Gasteiger partial charge in [-0.05, 0) is 87.7 Å². The van der Waals surface area contributed by atoms with Crippen molar-refractivity contribution < 1.29 is 22.7 Å². The van der Waals surface area contributed by atoms with Crippen molar-refractivity contribution in [1.29, 1.82) is 0 Å². The number of benzene rings is 3. The highest BCUT2D eigenvalue weighted by atomic mass is 35.5. The van der Waals surface area contributed by atoms with Crippen molar-refractivity contribution in [3.63, 3.8) is 0 Å². The topological polar surface area (TPSA) is 96.0 Å². The molecule has 44 heavy (non-hydrogen) atoms. The van der Waals surface area contributed by atoms with Crippen LogP contribution in [0.2, 0.25) is 10.0 Å². The van der Waals surface area contributed by atoms with Gasteiger partial charge in [0.1, 0.15) is 18.3 Å². The number of nitrogens with one attached hydrogen (secondary N) is 1. The number of hydrogen-bond donors (Lipinski definition) is 1. The van der Waals surface area contributed by atoms with Crippen LogP contribution in [-0.4, -0.2) is 50.4 Å². The van der Waals surface area contributed by atoms with E-state index in [0.29, 0.717) is 33.7 Å². The van der Waals surface area contributed by atoms with Crippen LogP contribution >= 0.6 is 23.2 Å². The minimum absolute atomic E-state index is 0.00436. The van der Waals surface area contributed by atoms with Crippen LogP contribution in [0.5, 0.6) is 5.75 Å². The summed E-state index contributed by atoms with van der Waals surface area (Å²) in [7, 11) is -4.20. The Morgan fingerprint density at radius 2 is 1.64 bits per heavy atom. The fourth-order valence-electron chi connectivity index (χ4n) is 5.23.